The van der Waals surface area contributed by atoms with Gasteiger partial charge in [0.1, 0.15) is 10.4 Å². The first-order valence-electron chi connectivity index (χ1n) is 4.70. The summed E-state index contributed by atoms with van der Waals surface area (Å²) in [7, 11) is 1.97. The zero-order valence-electron chi connectivity index (χ0n) is 8.44. The van der Waals surface area contributed by atoms with Gasteiger partial charge in [-0.05, 0) is 15.9 Å². The van der Waals surface area contributed by atoms with Gasteiger partial charge in [-0.3, -0.25) is 0 Å². The molecule has 4 heteroatoms. The van der Waals surface area contributed by atoms with Crippen LogP contribution in [0.3, 0.4) is 0 Å². The van der Waals surface area contributed by atoms with Gasteiger partial charge < -0.3 is 10.3 Å². The Bertz CT molecular complexity index is 462. The Hall–Kier alpha value is -1.13. The van der Waals surface area contributed by atoms with Crippen LogP contribution in [-0.2, 0) is 13.6 Å². The highest BCUT2D eigenvalue weighted by Crippen LogP contribution is 2.24. The quantitative estimate of drug-likeness (QED) is 0.906. The summed E-state index contributed by atoms with van der Waals surface area (Å²) in [5, 5.41) is 0. The number of halogens is 1. The minimum atomic E-state index is 0.483. The lowest BCUT2D eigenvalue weighted by Gasteiger charge is -2.03. The molecule has 1 aromatic carbocycles. The molecule has 1 heterocycles. The lowest BCUT2D eigenvalue weighted by atomic mass is 10.2. The molecular weight excluding hydrogens is 254 g/mol. The summed E-state index contributed by atoms with van der Waals surface area (Å²) in [6, 6.07) is 10.1. The van der Waals surface area contributed by atoms with Crippen LogP contribution in [0.25, 0.3) is 11.4 Å². The van der Waals surface area contributed by atoms with E-state index >= 15 is 0 Å². The van der Waals surface area contributed by atoms with Crippen LogP contribution < -0.4 is 5.73 Å². The van der Waals surface area contributed by atoms with Gasteiger partial charge in [0.2, 0.25) is 0 Å². The molecule has 0 unspecified atom stereocenters. The number of nitrogens with two attached hydrogens (primary N) is 1. The van der Waals surface area contributed by atoms with Gasteiger partial charge in [-0.2, -0.15) is 0 Å². The van der Waals surface area contributed by atoms with E-state index in [9.17, 15) is 0 Å². The average Bonchev–Trinajstić information content (AvgIpc) is 2.55. The molecule has 0 bridgehead atoms. The van der Waals surface area contributed by atoms with E-state index in [1.807, 2.05) is 41.9 Å². The van der Waals surface area contributed by atoms with Crippen molar-refractivity contribution in [1.29, 1.82) is 0 Å². The van der Waals surface area contributed by atoms with Crippen LogP contribution in [0.5, 0.6) is 0 Å². The second-order valence-corrected chi connectivity index (χ2v) is 4.05. The summed E-state index contributed by atoms with van der Waals surface area (Å²) >= 11 is 3.41. The van der Waals surface area contributed by atoms with E-state index in [0.717, 1.165) is 21.7 Å². The second kappa shape index (κ2) is 4.16. The maximum Gasteiger partial charge on any atom is 0.141 e. The van der Waals surface area contributed by atoms with Crippen LogP contribution in [0.15, 0.2) is 34.9 Å². The predicted octanol–water partition coefficient (Wildman–Crippen LogP) is 2.31. The van der Waals surface area contributed by atoms with E-state index in [0.29, 0.717) is 6.54 Å². The third kappa shape index (κ3) is 1.82. The number of aromatic nitrogens is 2. The molecule has 0 aliphatic carbocycles. The Kier molecular flexibility index (Phi) is 2.88. The minimum absolute atomic E-state index is 0.483. The van der Waals surface area contributed by atoms with Gasteiger partial charge in [0.05, 0.1) is 5.69 Å². The molecule has 0 fully saturated rings. The van der Waals surface area contributed by atoms with Crippen molar-refractivity contribution in [1.82, 2.24) is 9.55 Å². The number of nitrogens with zero attached hydrogens (tertiary/aromatic N) is 2. The van der Waals surface area contributed by atoms with E-state index < -0.39 is 0 Å². The highest BCUT2D eigenvalue weighted by molar-refractivity contribution is 9.10. The standard InChI is InChI=1S/C11H12BrN3/c1-15-9(7-13)10(12)14-11(15)8-5-3-2-4-6-8/h2-6H,7,13H2,1H3. The molecule has 2 rings (SSSR count). The minimum Gasteiger partial charge on any atom is -0.329 e. The molecule has 0 aliphatic rings. The molecule has 2 N–H and O–H groups in total. The first-order valence-corrected chi connectivity index (χ1v) is 5.50. The molecule has 0 amide bonds. The lowest BCUT2D eigenvalue weighted by molar-refractivity contribution is 0.825. The Morgan fingerprint density at radius 3 is 2.53 bits per heavy atom. The average molecular weight is 266 g/mol. The van der Waals surface area contributed by atoms with E-state index in [-0.39, 0.29) is 0 Å². The number of rotatable bonds is 2. The number of benzene rings is 1. The summed E-state index contributed by atoms with van der Waals surface area (Å²) in [5.74, 6) is 0.933. The van der Waals surface area contributed by atoms with E-state index in [1.54, 1.807) is 0 Å². The molecule has 0 atom stereocenters. The van der Waals surface area contributed by atoms with E-state index in [4.69, 9.17) is 5.73 Å². The van der Waals surface area contributed by atoms with E-state index in [2.05, 4.69) is 20.9 Å². The molecule has 0 spiro atoms. The fourth-order valence-electron chi connectivity index (χ4n) is 1.57. The largest absolute Gasteiger partial charge is 0.329 e. The van der Waals surface area contributed by atoms with Gasteiger partial charge in [-0.25, -0.2) is 4.98 Å². The maximum atomic E-state index is 5.65. The normalized spacial score (nSPS) is 10.6. The molecule has 2 aromatic rings. The Morgan fingerprint density at radius 2 is 2.00 bits per heavy atom. The van der Waals surface area contributed by atoms with Crippen LogP contribution in [0.4, 0.5) is 0 Å². The van der Waals surface area contributed by atoms with Crippen LogP contribution in [0.2, 0.25) is 0 Å². The predicted molar refractivity (Wildman–Crippen MR) is 64.2 cm³/mol. The number of hydrogen-bond acceptors (Lipinski definition) is 2. The summed E-state index contributed by atoms with van der Waals surface area (Å²) in [6.07, 6.45) is 0. The second-order valence-electron chi connectivity index (χ2n) is 3.30. The number of hydrogen-bond donors (Lipinski definition) is 1. The molecule has 0 saturated heterocycles. The van der Waals surface area contributed by atoms with Gasteiger partial charge in [-0.15, -0.1) is 0 Å². The van der Waals surface area contributed by atoms with Crippen molar-refractivity contribution in [2.45, 2.75) is 6.54 Å². The zero-order valence-corrected chi connectivity index (χ0v) is 10.0. The molecule has 0 aliphatic heterocycles. The highest BCUT2D eigenvalue weighted by atomic mass is 79.9. The van der Waals surface area contributed by atoms with Crippen molar-refractivity contribution in [3.8, 4) is 11.4 Å². The zero-order chi connectivity index (χ0) is 10.8. The smallest absolute Gasteiger partial charge is 0.141 e. The fourth-order valence-corrected chi connectivity index (χ4v) is 2.16. The van der Waals surface area contributed by atoms with Gasteiger partial charge in [0, 0.05) is 19.2 Å². The van der Waals surface area contributed by atoms with Gasteiger partial charge in [0.25, 0.3) is 0 Å². The summed E-state index contributed by atoms with van der Waals surface area (Å²) in [6.45, 7) is 0.483. The molecular formula is C11H12BrN3. The van der Waals surface area contributed by atoms with Crippen molar-refractivity contribution in [2.24, 2.45) is 12.8 Å². The molecule has 1 aromatic heterocycles. The first-order chi connectivity index (χ1) is 7.24. The third-order valence-electron chi connectivity index (χ3n) is 2.39. The monoisotopic (exact) mass is 265 g/mol. The summed E-state index contributed by atoms with van der Waals surface area (Å²) < 4.78 is 2.84. The molecule has 15 heavy (non-hydrogen) atoms. The molecule has 78 valence electrons. The van der Waals surface area contributed by atoms with Crippen molar-refractivity contribution < 1.29 is 0 Å². The Labute approximate surface area is 97.1 Å². The first kappa shape index (κ1) is 10.4. The van der Waals surface area contributed by atoms with Crippen LogP contribution in [0, 0.1) is 0 Å². The van der Waals surface area contributed by atoms with Gasteiger partial charge in [0.15, 0.2) is 0 Å². The third-order valence-corrected chi connectivity index (χ3v) is 3.03. The van der Waals surface area contributed by atoms with Crippen LogP contribution in [0.1, 0.15) is 5.69 Å². The molecule has 0 radical (unpaired) electrons. The Morgan fingerprint density at radius 1 is 1.33 bits per heavy atom. The number of imidazole rings is 1. The summed E-state index contributed by atoms with van der Waals surface area (Å²) in [4.78, 5) is 4.45. The van der Waals surface area contributed by atoms with E-state index in [1.165, 1.54) is 0 Å². The molecule has 0 saturated carbocycles. The van der Waals surface area contributed by atoms with Gasteiger partial charge in [-0.1, -0.05) is 30.3 Å². The van der Waals surface area contributed by atoms with Crippen molar-refractivity contribution in [3.63, 3.8) is 0 Å². The maximum absolute atomic E-state index is 5.65. The Balaban J connectivity index is 2.55. The van der Waals surface area contributed by atoms with Crippen LogP contribution in [-0.4, -0.2) is 9.55 Å². The van der Waals surface area contributed by atoms with Crippen molar-refractivity contribution in [2.75, 3.05) is 0 Å². The van der Waals surface area contributed by atoms with Crippen molar-refractivity contribution >= 4 is 15.9 Å². The summed E-state index contributed by atoms with van der Waals surface area (Å²) in [5.41, 5.74) is 7.76. The lowest BCUT2D eigenvalue weighted by Crippen LogP contribution is -2.04. The van der Waals surface area contributed by atoms with Crippen molar-refractivity contribution in [3.05, 3.63) is 40.6 Å². The van der Waals surface area contributed by atoms with Gasteiger partial charge >= 0.3 is 0 Å². The fraction of sp³-hybridized carbons (Fsp3) is 0.182. The SMILES string of the molecule is Cn1c(-c2ccccc2)nc(Br)c1CN. The highest BCUT2D eigenvalue weighted by Gasteiger charge is 2.11. The van der Waals surface area contributed by atoms with Crippen LogP contribution >= 0.6 is 15.9 Å². The molecule has 3 nitrogen and oxygen atoms in total. The topological polar surface area (TPSA) is 43.8 Å².